The van der Waals surface area contributed by atoms with Gasteiger partial charge in [-0.25, -0.2) is 13.1 Å². The number of nitro benzene ring substituents is 1. The maximum Gasteiger partial charge on any atom is 0.263 e. The van der Waals surface area contributed by atoms with E-state index < -0.39 is 26.4 Å². The summed E-state index contributed by atoms with van der Waals surface area (Å²) in [4.78, 5) is 9.34. The quantitative estimate of drug-likeness (QED) is 0.372. The summed E-state index contributed by atoms with van der Waals surface area (Å²) in [5.41, 5.74) is 2.81. The minimum atomic E-state index is -3.83. The highest BCUT2D eigenvalue weighted by Gasteiger charge is 2.17. The van der Waals surface area contributed by atoms with Crippen molar-refractivity contribution in [3.8, 4) is 5.75 Å². The third kappa shape index (κ3) is 3.39. The Kier molecular flexibility index (Phi) is 4.59. The number of benzene rings is 1. The van der Waals surface area contributed by atoms with Gasteiger partial charge in [0.2, 0.25) is 10.0 Å². The lowest BCUT2D eigenvalue weighted by Gasteiger charge is -2.09. The highest BCUT2D eigenvalue weighted by atomic mass is 32.2. The predicted octanol–water partition coefficient (Wildman–Crippen LogP) is -1.42. The largest absolute Gasteiger partial charge is 0.868 e. The lowest BCUT2D eigenvalue weighted by atomic mass is 10.3. The van der Waals surface area contributed by atoms with Crippen LogP contribution in [-0.4, -0.2) is 26.4 Å². The first-order valence-corrected chi connectivity index (χ1v) is 6.61. The number of hydrogen-bond acceptors (Lipinski definition) is 5. The molecule has 0 bridgehead atoms. The number of quaternary nitrogens is 1. The second-order valence-electron chi connectivity index (χ2n) is 3.49. The van der Waals surface area contributed by atoms with Crippen LogP contribution in [0.1, 0.15) is 6.42 Å². The number of sulfonamides is 1. The Balaban J connectivity index is 3.02. The van der Waals surface area contributed by atoms with Crippen molar-refractivity contribution in [2.45, 2.75) is 11.3 Å². The van der Waals surface area contributed by atoms with Crippen LogP contribution in [-0.2, 0) is 10.0 Å². The minimum Gasteiger partial charge on any atom is -0.868 e. The maximum absolute atomic E-state index is 11.7. The highest BCUT2D eigenvalue weighted by Crippen LogP contribution is 2.25. The van der Waals surface area contributed by atoms with Crippen LogP contribution in [0.5, 0.6) is 5.75 Å². The first-order valence-electron chi connectivity index (χ1n) is 5.13. The molecular formula is C9H13N3O5S. The summed E-state index contributed by atoms with van der Waals surface area (Å²) in [6.07, 6.45) is 0.557. The van der Waals surface area contributed by atoms with Crippen molar-refractivity contribution in [3.63, 3.8) is 0 Å². The Morgan fingerprint density at radius 1 is 1.39 bits per heavy atom. The fourth-order valence-electron chi connectivity index (χ4n) is 1.22. The van der Waals surface area contributed by atoms with Crippen LogP contribution >= 0.6 is 0 Å². The Labute approximate surface area is 104 Å². The monoisotopic (exact) mass is 275 g/mol. The van der Waals surface area contributed by atoms with E-state index in [0.717, 1.165) is 18.2 Å². The Hall–Kier alpha value is -1.71. The fraction of sp³-hybridized carbons (Fsp3) is 0.333. The van der Waals surface area contributed by atoms with Crippen molar-refractivity contribution in [1.29, 1.82) is 0 Å². The summed E-state index contributed by atoms with van der Waals surface area (Å²) >= 11 is 0. The molecule has 0 aliphatic carbocycles. The molecule has 0 amide bonds. The summed E-state index contributed by atoms with van der Waals surface area (Å²) in [5.74, 6) is -0.822. The number of nitrogens with one attached hydrogen (secondary N) is 1. The second kappa shape index (κ2) is 5.76. The summed E-state index contributed by atoms with van der Waals surface area (Å²) in [7, 11) is -3.83. The molecule has 0 radical (unpaired) electrons. The van der Waals surface area contributed by atoms with Crippen LogP contribution in [0.25, 0.3) is 0 Å². The van der Waals surface area contributed by atoms with Gasteiger partial charge in [0.25, 0.3) is 5.69 Å². The molecule has 0 aliphatic heterocycles. The molecule has 1 aromatic carbocycles. The maximum atomic E-state index is 11.7. The van der Waals surface area contributed by atoms with Gasteiger partial charge in [-0.15, -0.1) is 0 Å². The summed E-state index contributed by atoms with van der Waals surface area (Å²) < 4.78 is 25.7. The standard InChI is InChI=1S/C9H13N3O5S/c10-4-1-5-11-18(16,17)7-2-3-9(13)8(6-7)12(14)15/h2-3,6,11,13H,1,4-5,10H2. The number of hydrogen-bond donors (Lipinski definition) is 2. The molecule has 0 aliphatic rings. The normalized spacial score (nSPS) is 11.4. The van der Waals surface area contributed by atoms with Gasteiger partial charge in [0.05, 0.1) is 16.4 Å². The van der Waals surface area contributed by atoms with Crippen molar-refractivity contribution in [2.75, 3.05) is 13.1 Å². The lowest BCUT2D eigenvalue weighted by molar-refractivity contribution is -0.398. The predicted molar refractivity (Wildman–Crippen MR) is 60.1 cm³/mol. The van der Waals surface area contributed by atoms with Crippen LogP contribution in [0.4, 0.5) is 5.69 Å². The fourth-order valence-corrected chi connectivity index (χ4v) is 2.32. The van der Waals surface area contributed by atoms with E-state index in [0.29, 0.717) is 13.0 Å². The smallest absolute Gasteiger partial charge is 0.263 e. The van der Waals surface area contributed by atoms with E-state index in [1.54, 1.807) is 0 Å². The molecule has 1 rings (SSSR count). The Bertz CT molecular complexity index is 543. The van der Waals surface area contributed by atoms with E-state index in [2.05, 4.69) is 10.5 Å². The van der Waals surface area contributed by atoms with Gasteiger partial charge in [0.1, 0.15) is 0 Å². The first kappa shape index (κ1) is 14.4. The molecule has 0 heterocycles. The zero-order valence-corrected chi connectivity index (χ0v) is 10.3. The molecule has 9 heteroatoms. The molecule has 4 N–H and O–H groups in total. The summed E-state index contributed by atoms with van der Waals surface area (Å²) in [6.45, 7) is 0.765. The van der Waals surface area contributed by atoms with E-state index in [1.807, 2.05) is 0 Å². The van der Waals surface area contributed by atoms with E-state index in [4.69, 9.17) is 0 Å². The number of rotatable bonds is 6. The molecule has 8 nitrogen and oxygen atoms in total. The third-order valence-corrected chi connectivity index (χ3v) is 3.61. The summed E-state index contributed by atoms with van der Waals surface area (Å²) in [5, 5.41) is 21.7. The van der Waals surface area contributed by atoms with Crippen molar-refractivity contribution in [1.82, 2.24) is 4.72 Å². The van der Waals surface area contributed by atoms with Gasteiger partial charge in [-0.05, 0) is 11.8 Å². The van der Waals surface area contributed by atoms with Gasteiger partial charge in [0, 0.05) is 19.0 Å². The Morgan fingerprint density at radius 2 is 2.06 bits per heavy atom. The highest BCUT2D eigenvalue weighted by molar-refractivity contribution is 7.89. The minimum absolute atomic E-state index is 0.193. The van der Waals surface area contributed by atoms with Crippen LogP contribution in [0.3, 0.4) is 0 Å². The molecule has 100 valence electrons. The van der Waals surface area contributed by atoms with E-state index in [9.17, 15) is 23.6 Å². The zero-order chi connectivity index (χ0) is 13.8. The molecule has 0 spiro atoms. The average Bonchev–Trinajstić information content (AvgIpc) is 2.29. The molecular weight excluding hydrogens is 262 g/mol. The van der Waals surface area contributed by atoms with Crippen molar-refractivity contribution >= 4 is 15.7 Å². The summed E-state index contributed by atoms with van der Waals surface area (Å²) in [6, 6.07) is 2.67. The number of nitrogens with zero attached hydrogens (tertiary/aromatic N) is 1. The average molecular weight is 275 g/mol. The van der Waals surface area contributed by atoms with Gasteiger partial charge >= 0.3 is 0 Å². The van der Waals surface area contributed by atoms with E-state index in [-0.39, 0.29) is 11.4 Å². The lowest BCUT2D eigenvalue weighted by Crippen LogP contribution is -2.51. The van der Waals surface area contributed by atoms with Crippen LogP contribution in [0.2, 0.25) is 0 Å². The molecule has 0 unspecified atom stereocenters. The molecule has 0 saturated carbocycles. The van der Waals surface area contributed by atoms with Gasteiger partial charge in [-0.1, -0.05) is 6.07 Å². The SMILES string of the molecule is [NH3+]CCCNS(=O)(=O)c1ccc([O-])c([N+](=O)[O-])c1. The molecule has 0 fully saturated rings. The van der Waals surface area contributed by atoms with Gasteiger partial charge in [-0.3, -0.25) is 10.1 Å². The van der Waals surface area contributed by atoms with Crippen LogP contribution < -0.4 is 15.6 Å². The van der Waals surface area contributed by atoms with E-state index >= 15 is 0 Å². The van der Waals surface area contributed by atoms with Crippen molar-refractivity contribution in [3.05, 3.63) is 28.3 Å². The molecule has 0 saturated heterocycles. The van der Waals surface area contributed by atoms with Crippen molar-refractivity contribution < 1.29 is 24.2 Å². The molecule has 18 heavy (non-hydrogen) atoms. The third-order valence-electron chi connectivity index (χ3n) is 2.16. The Morgan fingerprint density at radius 3 is 2.61 bits per heavy atom. The van der Waals surface area contributed by atoms with Crippen molar-refractivity contribution in [2.24, 2.45) is 0 Å². The topological polar surface area (TPSA) is 140 Å². The second-order valence-corrected chi connectivity index (χ2v) is 5.26. The molecule has 1 aromatic rings. The first-order chi connectivity index (χ1) is 8.38. The van der Waals surface area contributed by atoms with Gasteiger partial charge in [0.15, 0.2) is 0 Å². The van der Waals surface area contributed by atoms with Gasteiger partial charge in [-0.2, -0.15) is 0 Å². The molecule has 0 aromatic heterocycles. The van der Waals surface area contributed by atoms with Crippen LogP contribution in [0.15, 0.2) is 23.1 Å². The molecule has 0 atom stereocenters. The number of nitro groups is 1. The van der Waals surface area contributed by atoms with Crippen LogP contribution in [0, 0.1) is 10.1 Å². The van der Waals surface area contributed by atoms with Gasteiger partial charge < -0.3 is 10.8 Å². The zero-order valence-electron chi connectivity index (χ0n) is 9.46. The van der Waals surface area contributed by atoms with E-state index in [1.165, 1.54) is 0 Å².